The fraction of sp³-hybridized carbons (Fsp3) is 0.400. The quantitative estimate of drug-likeness (QED) is 0.204. The minimum atomic E-state index is -1.35. The Morgan fingerprint density at radius 3 is 2.30 bits per heavy atom. The van der Waals surface area contributed by atoms with Crippen LogP contribution in [0, 0.1) is 5.92 Å². The Kier molecular flexibility index (Phi) is 12.2. The van der Waals surface area contributed by atoms with Gasteiger partial charge in [0.05, 0.1) is 10.0 Å². The highest BCUT2D eigenvalue weighted by atomic mass is 35.5. The summed E-state index contributed by atoms with van der Waals surface area (Å²) >= 11 is 24.6. The Morgan fingerprint density at radius 2 is 1.70 bits per heavy atom. The summed E-state index contributed by atoms with van der Waals surface area (Å²) in [5, 5.41) is 10.4. The van der Waals surface area contributed by atoms with E-state index in [1.165, 1.54) is 4.90 Å². The zero-order chi connectivity index (χ0) is 31.9. The Hall–Kier alpha value is -2.98. The summed E-state index contributed by atoms with van der Waals surface area (Å²) in [5.41, 5.74) is 1.34. The Labute approximate surface area is 271 Å². The molecular weight excluding hydrogens is 638 g/mol. The maximum absolute atomic E-state index is 13.1. The number of amides is 3. The summed E-state index contributed by atoms with van der Waals surface area (Å²) in [7, 11) is 0. The predicted octanol–water partition coefficient (Wildman–Crippen LogP) is 7.51. The number of carbonyl (C=O) groups is 3. The van der Waals surface area contributed by atoms with E-state index >= 15 is 0 Å². The number of hydrogen-bond donors (Lipinski definition) is 2. The second kappa shape index (κ2) is 15.1. The monoisotopic (exact) mass is 670 g/mol. The van der Waals surface area contributed by atoms with E-state index in [0.717, 1.165) is 0 Å². The minimum Gasteiger partial charge on any atom is -0.444 e. The lowest BCUT2D eigenvalue weighted by Gasteiger charge is -2.27. The number of halogens is 4. The van der Waals surface area contributed by atoms with Gasteiger partial charge in [0.15, 0.2) is 10.6 Å². The Morgan fingerprint density at radius 1 is 1.05 bits per heavy atom. The molecule has 0 aliphatic rings. The van der Waals surface area contributed by atoms with Gasteiger partial charge in [0.1, 0.15) is 17.3 Å². The molecule has 2 N–H and O–H groups in total. The third-order valence-electron chi connectivity index (χ3n) is 6.43. The van der Waals surface area contributed by atoms with E-state index < -0.39 is 34.4 Å². The molecule has 0 aliphatic carbocycles. The van der Waals surface area contributed by atoms with Gasteiger partial charge in [-0.2, -0.15) is 0 Å². The molecule has 0 radical (unpaired) electrons. The van der Waals surface area contributed by atoms with Crippen molar-refractivity contribution < 1.29 is 23.6 Å². The second-order valence-electron chi connectivity index (χ2n) is 10.8. The molecule has 0 unspecified atom stereocenters. The van der Waals surface area contributed by atoms with E-state index in [1.807, 2.05) is 13.8 Å². The SMILES string of the molecule is CC[C@H](C)[C@H](NC(=O)OC(C)(C)C)C(=O)NCCN(C(=O)C(Cl)Cl)c1cccc(-c2cc(-c3c(Cl)cccc3Cl)no2)c1. The zero-order valence-corrected chi connectivity index (χ0v) is 27.4. The van der Waals surface area contributed by atoms with Crippen LogP contribution >= 0.6 is 46.4 Å². The first kappa shape index (κ1) is 34.5. The highest BCUT2D eigenvalue weighted by Crippen LogP contribution is 2.36. The van der Waals surface area contributed by atoms with Gasteiger partial charge in [-0.1, -0.05) is 90.0 Å². The molecule has 3 amide bonds. The lowest BCUT2D eigenvalue weighted by molar-refractivity contribution is -0.124. The molecule has 1 aromatic heterocycles. The number of nitrogens with zero attached hydrogens (tertiary/aromatic N) is 2. The number of alkyl halides is 2. The van der Waals surface area contributed by atoms with Crippen LogP contribution in [0.15, 0.2) is 53.1 Å². The number of rotatable bonds is 11. The first-order valence-electron chi connectivity index (χ1n) is 13.6. The van der Waals surface area contributed by atoms with Crippen molar-refractivity contribution in [3.05, 3.63) is 58.6 Å². The van der Waals surface area contributed by atoms with Gasteiger partial charge >= 0.3 is 6.09 Å². The largest absolute Gasteiger partial charge is 0.444 e. The van der Waals surface area contributed by atoms with Crippen molar-refractivity contribution in [3.63, 3.8) is 0 Å². The van der Waals surface area contributed by atoms with E-state index in [2.05, 4.69) is 15.8 Å². The van der Waals surface area contributed by atoms with Crippen molar-refractivity contribution in [1.82, 2.24) is 15.8 Å². The highest BCUT2D eigenvalue weighted by Gasteiger charge is 2.29. The van der Waals surface area contributed by atoms with Crippen molar-refractivity contribution in [2.75, 3.05) is 18.0 Å². The van der Waals surface area contributed by atoms with Crippen LogP contribution in [0.2, 0.25) is 10.0 Å². The summed E-state index contributed by atoms with van der Waals surface area (Å²) in [6, 6.07) is 12.9. The molecule has 0 fully saturated rings. The van der Waals surface area contributed by atoms with Crippen LogP contribution in [0.5, 0.6) is 0 Å². The summed E-state index contributed by atoms with van der Waals surface area (Å²) < 4.78 is 10.9. The zero-order valence-electron chi connectivity index (χ0n) is 24.4. The van der Waals surface area contributed by atoms with Gasteiger partial charge in [0.2, 0.25) is 5.91 Å². The molecule has 13 heteroatoms. The molecule has 3 aromatic rings. The first-order valence-corrected chi connectivity index (χ1v) is 15.2. The molecule has 2 aromatic carbocycles. The number of carbonyl (C=O) groups excluding carboxylic acids is 3. The van der Waals surface area contributed by atoms with E-state index in [4.69, 9.17) is 55.7 Å². The fourth-order valence-corrected chi connectivity index (χ4v) is 4.95. The van der Waals surface area contributed by atoms with Crippen LogP contribution in [-0.4, -0.2) is 52.6 Å². The number of alkyl carbamates (subject to hydrolysis) is 1. The molecule has 0 saturated heterocycles. The van der Waals surface area contributed by atoms with Crippen LogP contribution in [-0.2, 0) is 14.3 Å². The van der Waals surface area contributed by atoms with E-state index in [-0.39, 0.29) is 19.0 Å². The molecule has 0 bridgehead atoms. The highest BCUT2D eigenvalue weighted by molar-refractivity contribution is 6.54. The Balaban J connectivity index is 1.78. The van der Waals surface area contributed by atoms with Crippen LogP contribution in [0.4, 0.5) is 10.5 Å². The molecule has 3 rings (SSSR count). The molecule has 0 saturated carbocycles. The Bertz CT molecular complexity index is 1420. The number of nitrogens with one attached hydrogen (secondary N) is 2. The molecule has 2 atom stereocenters. The summed E-state index contributed by atoms with van der Waals surface area (Å²) in [4.78, 5) is 38.5. The van der Waals surface area contributed by atoms with Gasteiger partial charge in [-0.05, 0) is 51.0 Å². The van der Waals surface area contributed by atoms with Gasteiger partial charge in [-0.25, -0.2) is 4.79 Å². The van der Waals surface area contributed by atoms with Crippen molar-refractivity contribution in [1.29, 1.82) is 0 Å². The van der Waals surface area contributed by atoms with Crippen LogP contribution in [0.25, 0.3) is 22.6 Å². The first-order chi connectivity index (χ1) is 20.2. The van der Waals surface area contributed by atoms with E-state index in [9.17, 15) is 14.4 Å². The summed E-state index contributed by atoms with van der Waals surface area (Å²) in [6.07, 6.45) is -0.0570. The van der Waals surface area contributed by atoms with E-state index in [1.54, 1.807) is 69.3 Å². The number of ether oxygens (including phenoxy) is 1. The molecular formula is C30H34Cl4N4O5. The maximum atomic E-state index is 13.1. The van der Waals surface area contributed by atoms with Crippen LogP contribution in [0.3, 0.4) is 0 Å². The van der Waals surface area contributed by atoms with Gasteiger partial charge < -0.3 is 24.8 Å². The topological polar surface area (TPSA) is 114 Å². The number of hydrogen-bond acceptors (Lipinski definition) is 6. The fourth-order valence-electron chi connectivity index (χ4n) is 4.12. The van der Waals surface area contributed by atoms with Crippen molar-refractivity contribution >= 4 is 70.0 Å². The van der Waals surface area contributed by atoms with Crippen molar-refractivity contribution in [2.24, 2.45) is 5.92 Å². The molecule has 0 aliphatic heterocycles. The lowest BCUT2D eigenvalue weighted by Crippen LogP contribution is -2.52. The summed E-state index contributed by atoms with van der Waals surface area (Å²) in [5.74, 6) is -0.765. The molecule has 9 nitrogen and oxygen atoms in total. The normalized spacial score (nSPS) is 12.9. The second-order valence-corrected chi connectivity index (χ2v) is 12.7. The number of benzene rings is 2. The van der Waals surface area contributed by atoms with E-state index in [0.29, 0.717) is 44.7 Å². The lowest BCUT2D eigenvalue weighted by atomic mass is 9.98. The third-order valence-corrected chi connectivity index (χ3v) is 7.43. The standard InChI is InChI=1S/C30H34Cl4N4O5/c1-6-17(2)25(36-29(41)42-30(3,4)5)27(39)35-13-14-38(28(40)26(33)34)19-10-7-9-18(15-19)23-16-22(37-43-23)24-20(31)11-8-12-21(24)32/h7-12,15-17,25-26H,6,13-14H2,1-5H3,(H,35,39)(H,36,41)/t17-,25-/m0/s1. The van der Waals surface area contributed by atoms with Crippen molar-refractivity contribution in [3.8, 4) is 22.6 Å². The number of anilines is 1. The van der Waals surface area contributed by atoms with Gasteiger partial charge in [-0.15, -0.1) is 0 Å². The smallest absolute Gasteiger partial charge is 0.408 e. The third kappa shape index (κ3) is 9.50. The summed E-state index contributed by atoms with van der Waals surface area (Å²) in [6.45, 7) is 9.07. The van der Waals surface area contributed by atoms with Gasteiger partial charge in [-0.3, -0.25) is 9.59 Å². The van der Waals surface area contributed by atoms with Gasteiger partial charge in [0, 0.05) is 36.0 Å². The predicted molar refractivity (Wildman–Crippen MR) is 171 cm³/mol. The molecule has 1 heterocycles. The van der Waals surface area contributed by atoms with Crippen LogP contribution in [0.1, 0.15) is 41.0 Å². The molecule has 0 spiro atoms. The number of aromatic nitrogens is 1. The maximum Gasteiger partial charge on any atom is 0.408 e. The molecule has 232 valence electrons. The van der Waals surface area contributed by atoms with Gasteiger partial charge in [0.25, 0.3) is 5.91 Å². The van der Waals surface area contributed by atoms with Crippen LogP contribution < -0.4 is 15.5 Å². The average molecular weight is 672 g/mol. The average Bonchev–Trinajstić information content (AvgIpc) is 3.42. The molecule has 43 heavy (non-hydrogen) atoms. The minimum absolute atomic E-state index is 0.0422. The van der Waals surface area contributed by atoms with Crippen molar-refractivity contribution in [2.45, 2.75) is 57.5 Å².